The summed E-state index contributed by atoms with van der Waals surface area (Å²) in [7, 11) is 1.52. The zero-order valence-electron chi connectivity index (χ0n) is 13.9. The minimum Gasteiger partial charge on any atom is -0.378 e. The Balaban J connectivity index is 1.96. The van der Waals surface area contributed by atoms with E-state index in [9.17, 15) is 9.18 Å². The Morgan fingerprint density at radius 3 is 2.76 bits per heavy atom. The van der Waals surface area contributed by atoms with Crippen LogP contribution < -0.4 is 5.32 Å². The second-order valence-corrected chi connectivity index (χ2v) is 5.50. The van der Waals surface area contributed by atoms with Crippen molar-refractivity contribution in [3.8, 4) is 5.69 Å². The lowest BCUT2D eigenvalue weighted by atomic mass is 10.2. The van der Waals surface area contributed by atoms with Crippen molar-refractivity contribution in [3.63, 3.8) is 0 Å². The number of benzene rings is 2. The maximum absolute atomic E-state index is 13.7. The van der Waals surface area contributed by atoms with Crippen LogP contribution in [0.3, 0.4) is 0 Å². The third kappa shape index (κ3) is 3.56. The molecule has 0 radical (unpaired) electrons. The third-order valence-corrected chi connectivity index (χ3v) is 3.63. The van der Waals surface area contributed by atoms with Crippen LogP contribution in [0.4, 0.5) is 10.1 Å². The first kappa shape index (κ1) is 16.8. The highest BCUT2D eigenvalue weighted by atomic mass is 19.1. The number of ether oxygens (including phenoxy) is 1. The summed E-state index contributed by atoms with van der Waals surface area (Å²) in [6.07, 6.45) is 0. The number of halogens is 1. The molecule has 0 bridgehead atoms. The average molecular weight is 340 g/mol. The number of aromatic nitrogens is 3. The average Bonchev–Trinajstić information content (AvgIpc) is 3.01. The van der Waals surface area contributed by atoms with Crippen LogP contribution in [-0.4, -0.2) is 28.0 Å². The summed E-state index contributed by atoms with van der Waals surface area (Å²) in [6.45, 7) is 2.10. The number of rotatable bonds is 5. The Hall–Kier alpha value is -3.06. The molecule has 0 aliphatic heterocycles. The fraction of sp³-hybridized carbons (Fsp3) is 0.167. The smallest absolute Gasteiger partial charge is 0.278 e. The predicted molar refractivity (Wildman–Crippen MR) is 91.2 cm³/mol. The Bertz CT molecular complexity index is 908. The lowest BCUT2D eigenvalue weighted by molar-refractivity contribution is 0.101. The molecule has 0 spiro atoms. The number of hydrogen-bond donors (Lipinski definition) is 1. The van der Waals surface area contributed by atoms with Crippen LogP contribution in [0.1, 0.15) is 21.7 Å². The van der Waals surface area contributed by atoms with Gasteiger partial charge in [-0.1, -0.05) is 29.5 Å². The van der Waals surface area contributed by atoms with E-state index in [0.717, 1.165) is 11.3 Å². The van der Waals surface area contributed by atoms with Gasteiger partial charge in [0.1, 0.15) is 11.5 Å². The van der Waals surface area contributed by atoms with Gasteiger partial charge in [0.05, 0.1) is 18.0 Å². The van der Waals surface area contributed by atoms with Gasteiger partial charge >= 0.3 is 0 Å². The molecule has 7 heteroatoms. The molecule has 1 N–H and O–H groups in total. The molecule has 0 atom stereocenters. The van der Waals surface area contributed by atoms with Gasteiger partial charge in [-0.25, -0.2) is 9.07 Å². The van der Waals surface area contributed by atoms with Gasteiger partial charge in [-0.05, 0) is 36.8 Å². The quantitative estimate of drug-likeness (QED) is 0.775. The number of amides is 1. The molecule has 0 fully saturated rings. The van der Waals surface area contributed by atoms with Gasteiger partial charge in [-0.15, -0.1) is 5.10 Å². The highest BCUT2D eigenvalue weighted by Crippen LogP contribution is 2.18. The molecule has 25 heavy (non-hydrogen) atoms. The van der Waals surface area contributed by atoms with Crippen molar-refractivity contribution in [2.24, 2.45) is 0 Å². The van der Waals surface area contributed by atoms with Crippen molar-refractivity contribution in [1.82, 2.24) is 15.0 Å². The molecular formula is C18H17FN4O2. The summed E-state index contributed by atoms with van der Waals surface area (Å²) in [5.74, 6) is -1.06. The number of carbonyl (C=O) groups is 1. The van der Waals surface area contributed by atoms with Crippen molar-refractivity contribution in [2.75, 3.05) is 12.4 Å². The summed E-state index contributed by atoms with van der Waals surface area (Å²) in [5, 5.41) is 10.5. The summed E-state index contributed by atoms with van der Waals surface area (Å²) in [4.78, 5) is 12.5. The number of nitrogens with zero attached hydrogens (tertiary/aromatic N) is 3. The molecule has 3 aromatic rings. The second-order valence-electron chi connectivity index (χ2n) is 5.50. The summed E-state index contributed by atoms with van der Waals surface area (Å²) in [5.41, 5.74) is 2.48. The number of carbonyl (C=O) groups excluding carboxylic acids is 1. The van der Waals surface area contributed by atoms with E-state index < -0.39 is 11.7 Å². The van der Waals surface area contributed by atoms with E-state index in [4.69, 9.17) is 4.74 Å². The molecule has 0 aliphatic rings. The largest absolute Gasteiger partial charge is 0.378 e. The number of aryl methyl sites for hydroxylation is 1. The minimum atomic E-state index is -0.545. The van der Waals surface area contributed by atoms with Gasteiger partial charge in [0.2, 0.25) is 0 Å². The van der Waals surface area contributed by atoms with Crippen LogP contribution in [0, 0.1) is 12.7 Å². The highest BCUT2D eigenvalue weighted by Gasteiger charge is 2.21. The number of anilines is 1. The van der Waals surface area contributed by atoms with Crippen molar-refractivity contribution in [2.45, 2.75) is 13.5 Å². The molecule has 0 saturated carbocycles. The van der Waals surface area contributed by atoms with Crippen LogP contribution in [0.15, 0.2) is 48.5 Å². The number of methoxy groups -OCH3 is 1. The number of hydrogen-bond acceptors (Lipinski definition) is 4. The molecule has 128 valence electrons. The molecule has 0 aliphatic carbocycles. The Kier molecular flexibility index (Phi) is 4.85. The van der Waals surface area contributed by atoms with E-state index >= 15 is 0 Å². The van der Waals surface area contributed by atoms with E-state index in [1.165, 1.54) is 19.2 Å². The molecule has 0 unspecified atom stereocenters. The predicted octanol–water partition coefficient (Wildman–Crippen LogP) is 3.11. The topological polar surface area (TPSA) is 69.0 Å². The zero-order chi connectivity index (χ0) is 17.8. The van der Waals surface area contributed by atoms with E-state index in [-0.39, 0.29) is 18.0 Å². The lowest BCUT2D eigenvalue weighted by Crippen LogP contribution is -2.16. The Labute approximate surface area is 144 Å². The fourth-order valence-electron chi connectivity index (χ4n) is 2.46. The number of para-hydroxylation sites is 1. The van der Waals surface area contributed by atoms with E-state index in [2.05, 4.69) is 15.6 Å². The first-order valence-electron chi connectivity index (χ1n) is 7.66. The minimum absolute atomic E-state index is 0.0842. The molecule has 1 heterocycles. The molecule has 3 rings (SSSR count). The fourth-order valence-corrected chi connectivity index (χ4v) is 2.46. The molecule has 0 saturated heterocycles. The van der Waals surface area contributed by atoms with E-state index in [0.29, 0.717) is 5.69 Å². The Morgan fingerprint density at radius 1 is 1.24 bits per heavy atom. The van der Waals surface area contributed by atoms with E-state index in [1.807, 2.05) is 31.2 Å². The molecule has 1 amide bonds. The van der Waals surface area contributed by atoms with Crippen molar-refractivity contribution >= 4 is 11.6 Å². The first-order chi connectivity index (χ1) is 12.1. The molecular weight excluding hydrogens is 323 g/mol. The van der Waals surface area contributed by atoms with Gasteiger partial charge < -0.3 is 10.1 Å². The van der Waals surface area contributed by atoms with Crippen LogP contribution in [0.5, 0.6) is 0 Å². The second kappa shape index (κ2) is 7.23. The standard InChI is InChI=1S/C18H17FN4O2/c1-12-6-5-7-13(10-12)23-16(11-25-2)17(21-22-23)18(24)20-15-9-4-3-8-14(15)19/h3-10H,11H2,1-2H3,(H,20,24). The van der Waals surface area contributed by atoms with Crippen LogP contribution in [0.25, 0.3) is 5.69 Å². The molecule has 6 nitrogen and oxygen atoms in total. The van der Waals surface area contributed by atoms with Gasteiger partial charge in [0, 0.05) is 7.11 Å². The maximum atomic E-state index is 13.7. The van der Waals surface area contributed by atoms with Crippen LogP contribution in [0.2, 0.25) is 0 Å². The maximum Gasteiger partial charge on any atom is 0.278 e. The summed E-state index contributed by atoms with van der Waals surface area (Å²) < 4.78 is 20.5. The van der Waals surface area contributed by atoms with Crippen molar-refractivity contribution in [1.29, 1.82) is 0 Å². The first-order valence-corrected chi connectivity index (χ1v) is 7.66. The molecule has 1 aromatic heterocycles. The normalized spacial score (nSPS) is 10.7. The Morgan fingerprint density at radius 2 is 2.04 bits per heavy atom. The van der Waals surface area contributed by atoms with Gasteiger partial charge in [0.25, 0.3) is 5.91 Å². The van der Waals surface area contributed by atoms with Crippen molar-refractivity contribution in [3.05, 3.63) is 71.3 Å². The summed E-state index contributed by atoms with van der Waals surface area (Å²) >= 11 is 0. The van der Waals surface area contributed by atoms with Crippen LogP contribution >= 0.6 is 0 Å². The number of nitrogens with one attached hydrogen (secondary N) is 1. The highest BCUT2D eigenvalue weighted by molar-refractivity contribution is 6.03. The lowest BCUT2D eigenvalue weighted by Gasteiger charge is -2.09. The van der Waals surface area contributed by atoms with Crippen molar-refractivity contribution < 1.29 is 13.9 Å². The third-order valence-electron chi connectivity index (χ3n) is 3.63. The summed E-state index contributed by atoms with van der Waals surface area (Å²) in [6, 6.07) is 13.6. The van der Waals surface area contributed by atoms with Gasteiger partial charge in [-0.2, -0.15) is 0 Å². The zero-order valence-corrected chi connectivity index (χ0v) is 13.9. The van der Waals surface area contributed by atoms with E-state index in [1.54, 1.807) is 16.8 Å². The van der Waals surface area contributed by atoms with Gasteiger partial charge in [-0.3, -0.25) is 4.79 Å². The van der Waals surface area contributed by atoms with Gasteiger partial charge in [0.15, 0.2) is 5.69 Å². The SMILES string of the molecule is COCc1c(C(=O)Nc2ccccc2F)nnn1-c1cccc(C)c1. The monoisotopic (exact) mass is 340 g/mol. The van der Waals surface area contributed by atoms with Crippen LogP contribution in [-0.2, 0) is 11.3 Å². The molecule has 2 aromatic carbocycles.